The Balaban J connectivity index is 1.99. The summed E-state index contributed by atoms with van der Waals surface area (Å²) in [4.78, 5) is 26.3. The number of nitrogens with zero attached hydrogens (tertiary/aromatic N) is 1. The number of carbonyl (C=O) groups excluding carboxylic acids is 2. The van der Waals surface area contributed by atoms with Gasteiger partial charge in [0.25, 0.3) is 11.7 Å². The Labute approximate surface area is 123 Å². The van der Waals surface area contributed by atoms with Gasteiger partial charge in [0.2, 0.25) is 0 Å². The molecule has 0 unspecified atom stereocenters. The van der Waals surface area contributed by atoms with Gasteiger partial charge in [-0.1, -0.05) is 23.2 Å². The number of ketones is 1. The number of hydrogen-bond acceptors (Lipinski definition) is 3. The van der Waals surface area contributed by atoms with Gasteiger partial charge in [-0.05, 0) is 30.3 Å². The van der Waals surface area contributed by atoms with Crippen LogP contribution in [0.15, 0.2) is 30.3 Å². The van der Waals surface area contributed by atoms with Crippen molar-refractivity contribution < 1.29 is 9.59 Å². The molecule has 0 bridgehead atoms. The summed E-state index contributed by atoms with van der Waals surface area (Å²) in [5, 5.41) is 0.445. The van der Waals surface area contributed by atoms with Crippen LogP contribution in [0, 0.1) is 0 Å². The molecule has 0 atom stereocenters. The quantitative estimate of drug-likeness (QED) is 0.791. The third-order valence-electron chi connectivity index (χ3n) is 2.88. The normalized spacial score (nSPS) is 14.1. The molecule has 19 heavy (non-hydrogen) atoms. The number of thiophene rings is 1. The molecule has 1 aliphatic heterocycles. The highest BCUT2D eigenvalue weighted by atomic mass is 35.5. The standard InChI is InChI=1S/C13H7Cl2NO2S/c14-7-1-3-10-9(5-7)12(17)13(18)16(10)6-8-2-4-11(15)19-8/h1-5H,6H2. The smallest absolute Gasteiger partial charge is 0.299 e. The van der Waals surface area contributed by atoms with Crippen LogP contribution in [0.1, 0.15) is 15.2 Å². The Morgan fingerprint density at radius 2 is 1.89 bits per heavy atom. The van der Waals surface area contributed by atoms with E-state index in [0.717, 1.165) is 4.88 Å². The predicted octanol–water partition coefficient (Wildman–Crippen LogP) is 3.78. The molecule has 96 valence electrons. The van der Waals surface area contributed by atoms with Gasteiger partial charge < -0.3 is 0 Å². The van der Waals surface area contributed by atoms with Crippen molar-refractivity contribution in [2.75, 3.05) is 4.90 Å². The van der Waals surface area contributed by atoms with E-state index in [4.69, 9.17) is 23.2 Å². The van der Waals surface area contributed by atoms with Crippen molar-refractivity contribution in [3.05, 3.63) is 50.1 Å². The number of anilines is 1. The van der Waals surface area contributed by atoms with Crippen LogP contribution in [-0.2, 0) is 11.3 Å². The van der Waals surface area contributed by atoms with Gasteiger partial charge >= 0.3 is 0 Å². The zero-order chi connectivity index (χ0) is 13.6. The van der Waals surface area contributed by atoms with Crippen molar-refractivity contribution in [3.8, 4) is 0 Å². The van der Waals surface area contributed by atoms with Crippen molar-refractivity contribution in [1.82, 2.24) is 0 Å². The largest absolute Gasteiger partial charge is 0.300 e. The third kappa shape index (κ3) is 2.16. The van der Waals surface area contributed by atoms with E-state index in [1.165, 1.54) is 22.3 Å². The van der Waals surface area contributed by atoms with Crippen LogP contribution in [0.4, 0.5) is 5.69 Å². The van der Waals surface area contributed by atoms with Crippen molar-refractivity contribution in [2.24, 2.45) is 0 Å². The van der Waals surface area contributed by atoms with Gasteiger partial charge in [-0.2, -0.15) is 0 Å². The monoisotopic (exact) mass is 311 g/mol. The molecule has 1 aromatic carbocycles. The van der Waals surface area contributed by atoms with Gasteiger partial charge in [-0.3, -0.25) is 14.5 Å². The molecule has 0 radical (unpaired) electrons. The van der Waals surface area contributed by atoms with Crippen LogP contribution in [-0.4, -0.2) is 11.7 Å². The molecule has 0 saturated carbocycles. The molecule has 6 heteroatoms. The van der Waals surface area contributed by atoms with Gasteiger partial charge in [0.05, 0.1) is 22.1 Å². The lowest BCUT2D eigenvalue weighted by Gasteiger charge is -2.15. The molecular weight excluding hydrogens is 305 g/mol. The lowest BCUT2D eigenvalue weighted by Crippen LogP contribution is -2.28. The molecule has 0 aliphatic carbocycles. The molecule has 0 spiro atoms. The van der Waals surface area contributed by atoms with Crippen LogP contribution in [0.2, 0.25) is 9.36 Å². The Bertz CT molecular complexity index is 696. The van der Waals surface area contributed by atoms with Crippen LogP contribution in [0.3, 0.4) is 0 Å². The minimum atomic E-state index is -0.526. The predicted molar refractivity (Wildman–Crippen MR) is 76.3 cm³/mol. The van der Waals surface area contributed by atoms with Crippen molar-refractivity contribution in [2.45, 2.75) is 6.54 Å². The fourth-order valence-corrected chi connectivity index (χ4v) is 3.27. The van der Waals surface area contributed by atoms with Crippen molar-refractivity contribution in [3.63, 3.8) is 0 Å². The minimum Gasteiger partial charge on any atom is -0.300 e. The summed E-state index contributed by atoms with van der Waals surface area (Å²) in [6, 6.07) is 8.50. The number of hydrogen-bond donors (Lipinski definition) is 0. The van der Waals surface area contributed by atoms with Gasteiger partial charge in [-0.25, -0.2) is 0 Å². The third-order valence-corrected chi connectivity index (χ3v) is 4.33. The van der Waals surface area contributed by atoms with Gasteiger partial charge in [0.1, 0.15) is 0 Å². The van der Waals surface area contributed by atoms with Crippen LogP contribution in [0.5, 0.6) is 0 Å². The van der Waals surface area contributed by atoms with E-state index < -0.39 is 11.7 Å². The average Bonchev–Trinajstić information content (AvgIpc) is 2.88. The number of carbonyl (C=O) groups is 2. The number of benzene rings is 1. The SMILES string of the molecule is O=C1C(=O)N(Cc2ccc(Cl)s2)c2ccc(Cl)cc21. The topological polar surface area (TPSA) is 37.4 Å². The minimum absolute atomic E-state index is 0.344. The summed E-state index contributed by atoms with van der Waals surface area (Å²) in [5.74, 6) is -1.04. The van der Waals surface area contributed by atoms with Gasteiger partial charge in [0.15, 0.2) is 0 Å². The molecule has 1 aromatic heterocycles. The first kappa shape index (κ1) is 12.7. The molecular formula is C13H7Cl2NO2S. The number of fused-ring (bicyclic) bond motifs is 1. The van der Waals surface area contributed by atoms with Crippen LogP contribution >= 0.6 is 34.5 Å². The van der Waals surface area contributed by atoms with E-state index in [1.807, 2.05) is 6.07 Å². The zero-order valence-corrected chi connectivity index (χ0v) is 11.9. The van der Waals surface area contributed by atoms with E-state index >= 15 is 0 Å². The van der Waals surface area contributed by atoms with E-state index in [-0.39, 0.29) is 0 Å². The summed E-state index contributed by atoms with van der Waals surface area (Å²) in [5.41, 5.74) is 0.962. The van der Waals surface area contributed by atoms with Crippen LogP contribution < -0.4 is 4.90 Å². The van der Waals surface area contributed by atoms with Crippen LogP contribution in [0.25, 0.3) is 0 Å². The summed E-state index contributed by atoms with van der Waals surface area (Å²) in [6.07, 6.45) is 0. The highest BCUT2D eigenvalue weighted by Crippen LogP contribution is 2.33. The number of amides is 1. The summed E-state index contributed by atoms with van der Waals surface area (Å²) < 4.78 is 0.657. The molecule has 1 amide bonds. The van der Waals surface area contributed by atoms with E-state index in [2.05, 4.69) is 0 Å². The first-order valence-electron chi connectivity index (χ1n) is 5.46. The van der Waals surface area contributed by atoms with Crippen molar-refractivity contribution in [1.29, 1.82) is 0 Å². The maximum Gasteiger partial charge on any atom is 0.299 e. The zero-order valence-electron chi connectivity index (χ0n) is 9.52. The van der Waals surface area contributed by atoms with E-state index in [0.29, 0.717) is 27.2 Å². The second-order valence-corrected chi connectivity index (χ2v) is 6.32. The fourth-order valence-electron chi connectivity index (χ4n) is 2.02. The molecule has 0 fully saturated rings. The fraction of sp³-hybridized carbons (Fsp3) is 0.0769. The summed E-state index contributed by atoms with van der Waals surface area (Å²) in [7, 11) is 0. The Kier molecular flexibility index (Phi) is 3.09. The molecule has 0 N–H and O–H groups in total. The highest BCUT2D eigenvalue weighted by molar-refractivity contribution is 7.16. The Morgan fingerprint density at radius 1 is 1.11 bits per heavy atom. The van der Waals surface area contributed by atoms with Crippen molar-refractivity contribution >= 4 is 51.9 Å². The molecule has 3 nitrogen and oxygen atoms in total. The maximum atomic E-state index is 12.0. The lowest BCUT2D eigenvalue weighted by molar-refractivity contribution is -0.114. The molecule has 3 rings (SSSR count). The second-order valence-electron chi connectivity index (χ2n) is 4.09. The summed E-state index contributed by atoms with van der Waals surface area (Å²) >= 11 is 13.1. The first-order chi connectivity index (χ1) is 9.06. The van der Waals surface area contributed by atoms with E-state index in [1.54, 1.807) is 18.2 Å². The lowest BCUT2D eigenvalue weighted by atomic mass is 10.1. The second kappa shape index (κ2) is 4.63. The average molecular weight is 312 g/mol. The number of rotatable bonds is 2. The number of Topliss-reactive ketones (excluding diaryl/α,β-unsaturated/α-hetero) is 1. The highest BCUT2D eigenvalue weighted by Gasteiger charge is 2.35. The van der Waals surface area contributed by atoms with E-state index in [9.17, 15) is 9.59 Å². The molecule has 0 saturated heterocycles. The maximum absolute atomic E-state index is 12.0. The summed E-state index contributed by atoms with van der Waals surface area (Å²) in [6.45, 7) is 0.344. The Hall–Kier alpha value is -1.36. The molecule has 1 aliphatic rings. The Morgan fingerprint density at radius 3 is 2.58 bits per heavy atom. The first-order valence-corrected chi connectivity index (χ1v) is 7.03. The molecule has 2 heterocycles. The van der Waals surface area contributed by atoms with Gasteiger partial charge in [-0.15, -0.1) is 11.3 Å². The van der Waals surface area contributed by atoms with Gasteiger partial charge in [0, 0.05) is 9.90 Å². The number of halogens is 2. The molecule has 2 aromatic rings.